The molecule has 0 spiro atoms. The van der Waals surface area contributed by atoms with Crippen LogP contribution in [0.3, 0.4) is 0 Å². The number of halogens is 1. The van der Waals surface area contributed by atoms with Gasteiger partial charge in [0, 0.05) is 13.5 Å². The molecule has 0 saturated carbocycles. The van der Waals surface area contributed by atoms with Crippen molar-refractivity contribution in [3.8, 4) is 0 Å². The predicted molar refractivity (Wildman–Crippen MR) is 71.0 cm³/mol. The first-order valence-corrected chi connectivity index (χ1v) is 7.04. The quantitative estimate of drug-likeness (QED) is 0.545. The minimum Gasteiger partial charge on any atom is -0.292 e. The third kappa shape index (κ3) is 4.58. The fraction of sp³-hybridized carbons (Fsp3) is 0.750. The standard InChI is InChI=1S/C12H20BrN3O/c1-3-4-5-6-7-8-9-10(17)11-12(13)14-15-16(11)2/h3-9H2,1-2H3. The molecule has 0 atom stereocenters. The van der Waals surface area contributed by atoms with Crippen LogP contribution in [0.25, 0.3) is 0 Å². The highest BCUT2D eigenvalue weighted by Crippen LogP contribution is 2.16. The molecule has 0 aromatic carbocycles. The lowest BCUT2D eigenvalue weighted by atomic mass is 10.1. The molecule has 1 aromatic rings. The highest BCUT2D eigenvalue weighted by molar-refractivity contribution is 9.10. The van der Waals surface area contributed by atoms with Crippen LogP contribution in [0.4, 0.5) is 0 Å². The molecule has 96 valence electrons. The lowest BCUT2D eigenvalue weighted by molar-refractivity contribution is 0.0969. The number of hydrogen-bond acceptors (Lipinski definition) is 3. The van der Waals surface area contributed by atoms with Crippen LogP contribution in [0.1, 0.15) is 62.4 Å². The van der Waals surface area contributed by atoms with Gasteiger partial charge >= 0.3 is 0 Å². The number of hydrogen-bond donors (Lipinski definition) is 0. The van der Waals surface area contributed by atoms with Crippen LogP contribution >= 0.6 is 15.9 Å². The van der Waals surface area contributed by atoms with E-state index in [4.69, 9.17) is 0 Å². The van der Waals surface area contributed by atoms with Gasteiger partial charge in [-0.3, -0.25) is 4.79 Å². The topological polar surface area (TPSA) is 47.8 Å². The Balaban J connectivity index is 2.26. The zero-order valence-electron chi connectivity index (χ0n) is 10.6. The second-order valence-electron chi connectivity index (χ2n) is 4.29. The van der Waals surface area contributed by atoms with Gasteiger partial charge in [-0.15, -0.1) is 5.10 Å². The summed E-state index contributed by atoms with van der Waals surface area (Å²) >= 11 is 3.25. The molecule has 1 aromatic heterocycles. The van der Waals surface area contributed by atoms with Crippen LogP contribution < -0.4 is 0 Å². The van der Waals surface area contributed by atoms with Crippen molar-refractivity contribution < 1.29 is 4.79 Å². The Morgan fingerprint density at radius 1 is 1.24 bits per heavy atom. The maximum atomic E-state index is 11.9. The van der Waals surface area contributed by atoms with Crippen molar-refractivity contribution in [3.63, 3.8) is 0 Å². The largest absolute Gasteiger partial charge is 0.292 e. The molecule has 0 aliphatic carbocycles. The summed E-state index contributed by atoms with van der Waals surface area (Å²) in [5.41, 5.74) is 0.582. The summed E-state index contributed by atoms with van der Waals surface area (Å²) < 4.78 is 2.08. The van der Waals surface area contributed by atoms with E-state index >= 15 is 0 Å². The van der Waals surface area contributed by atoms with E-state index < -0.39 is 0 Å². The lowest BCUT2D eigenvalue weighted by Crippen LogP contribution is -2.07. The van der Waals surface area contributed by atoms with Gasteiger partial charge in [0.2, 0.25) is 0 Å². The summed E-state index contributed by atoms with van der Waals surface area (Å²) in [6.45, 7) is 2.20. The molecule has 0 aliphatic heterocycles. The Kier molecular flexibility index (Phi) is 6.40. The minimum absolute atomic E-state index is 0.125. The maximum absolute atomic E-state index is 11.9. The van der Waals surface area contributed by atoms with Gasteiger partial charge in [0.05, 0.1) is 0 Å². The van der Waals surface area contributed by atoms with E-state index in [0.717, 1.165) is 12.8 Å². The Hall–Kier alpha value is -0.710. The third-order valence-corrected chi connectivity index (χ3v) is 3.34. The van der Waals surface area contributed by atoms with E-state index in [2.05, 4.69) is 33.2 Å². The first-order valence-electron chi connectivity index (χ1n) is 6.25. The van der Waals surface area contributed by atoms with Crippen molar-refractivity contribution in [2.75, 3.05) is 0 Å². The van der Waals surface area contributed by atoms with Crippen LogP contribution in [0, 0.1) is 0 Å². The minimum atomic E-state index is 0.125. The summed E-state index contributed by atoms with van der Waals surface area (Å²) in [4.78, 5) is 11.9. The summed E-state index contributed by atoms with van der Waals surface area (Å²) in [6.07, 6.45) is 7.74. The highest BCUT2D eigenvalue weighted by atomic mass is 79.9. The van der Waals surface area contributed by atoms with Crippen LogP contribution in [0.2, 0.25) is 0 Å². The Morgan fingerprint density at radius 2 is 1.88 bits per heavy atom. The third-order valence-electron chi connectivity index (χ3n) is 2.81. The Morgan fingerprint density at radius 3 is 2.47 bits per heavy atom. The van der Waals surface area contributed by atoms with Crippen molar-refractivity contribution in [2.45, 2.75) is 51.9 Å². The van der Waals surface area contributed by atoms with Crippen molar-refractivity contribution >= 4 is 21.7 Å². The van der Waals surface area contributed by atoms with Gasteiger partial charge in [0.25, 0.3) is 0 Å². The number of aromatic nitrogens is 3. The molecule has 0 radical (unpaired) electrons. The van der Waals surface area contributed by atoms with Crippen LogP contribution in [-0.4, -0.2) is 20.8 Å². The Labute approximate surface area is 111 Å². The molecule has 0 saturated heterocycles. The molecule has 1 rings (SSSR count). The van der Waals surface area contributed by atoms with Gasteiger partial charge in [0.1, 0.15) is 5.69 Å². The zero-order valence-corrected chi connectivity index (χ0v) is 12.2. The van der Waals surface area contributed by atoms with Gasteiger partial charge in [-0.2, -0.15) is 0 Å². The van der Waals surface area contributed by atoms with Gasteiger partial charge < -0.3 is 0 Å². The van der Waals surface area contributed by atoms with Gasteiger partial charge in [-0.25, -0.2) is 4.68 Å². The molecule has 0 bridgehead atoms. The highest BCUT2D eigenvalue weighted by Gasteiger charge is 2.15. The van der Waals surface area contributed by atoms with Gasteiger partial charge in [-0.05, 0) is 22.4 Å². The number of aryl methyl sites for hydroxylation is 1. The molecule has 0 aliphatic rings. The molecule has 0 unspecified atom stereocenters. The number of Topliss-reactive ketones (excluding diaryl/α,β-unsaturated/α-hetero) is 1. The van der Waals surface area contributed by atoms with Crippen molar-refractivity contribution in [1.29, 1.82) is 0 Å². The Bertz CT molecular complexity index is 343. The second kappa shape index (κ2) is 7.58. The molecule has 4 nitrogen and oxygen atoms in total. The van der Waals surface area contributed by atoms with E-state index in [1.807, 2.05) is 0 Å². The first kappa shape index (κ1) is 14.4. The number of rotatable bonds is 8. The normalized spacial score (nSPS) is 10.8. The number of nitrogens with zero attached hydrogens (tertiary/aromatic N) is 3. The summed E-state index contributed by atoms with van der Waals surface area (Å²) in [5, 5.41) is 7.62. The summed E-state index contributed by atoms with van der Waals surface area (Å²) in [5.74, 6) is 0.125. The van der Waals surface area contributed by atoms with Crippen LogP contribution in [0.5, 0.6) is 0 Å². The van der Waals surface area contributed by atoms with Crippen molar-refractivity contribution in [1.82, 2.24) is 15.0 Å². The molecule has 1 heterocycles. The molecule has 0 N–H and O–H groups in total. The molecule has 0 fully saturated rings. The average Bonchev–Trinajstić information content (AvgIpc) is 2.63. The first-order chi connectivity index (χ1) is 8.16. The molecule has 5 heteroatoms. The molecular weight excluding hydrogens is 282 g/mol. The van der Waals surface area contributed by atoms with Gasteiger partial charge in [-0.1, -0.05) is 44.2 Å². The molecular formula is C12H20BrN3O. The molecule has 17 heavy (non-hydrogen) atoms. The maximum Gasteiger partial charge on any atom is 0.183 e. The van der Waals surface area contributed by atoms with E-state index in [1.54, 1.807) is 7.05 Å². The van der Waals surface area contributed by atoms with E-state index in [0.29, 0.717) is 16.7 Å². The van der Waals surface area contributed by atoms with Crippen LogP contribution in [0.15, 0.2) is 4.60 Å². The number of unbranched alkanes of at least 4 members (excludes halogenated alkanes) is 5. The second-order valence-corrected chi connectivity index (χ2v) is 5.04. The number of carbonyl (C=O) groups excluding carboxylic acids is 1. The monoisotopic (exact) mass is 301 g/mol. The van der Waals surface area contributed by atoms with Gasteiger partial charge in [0.15, 0.2) is 10.4 Å². The smallest absolute Gasteiger partial charge is 0.183 e. The zero-order chi connectivity index (χ0) is 12.7. The number of carbonyl (C=O) groups is 1. The predicted octanol–water partition coefficient (Wildman–Crippen LogP) is 3.51. The average molecular weight is 302 g/mol. The fourth-order valence-corrected chi connectivity index (χ4v) is 2.36. The molecule has 0 amide bonds. The van der Waals surface area contributed by atoms with E-state index in [9.17, 15) is 4.79 Å². The summed E-state index contributed by atoms with van der Waals surface area (Å²) in [6, 6.07) is 0. The number of ketones is 1. The fourth-order valence-electron chi connectivity index (χ4n) is 1.81. The summed E-state index contributed by atoms with van der Waals surface area (Å²) in [7, 11) is 1.74. The van der Waals surface area contributed by atoms with E-state index in [-0.39, 0.29) is 5.78 Å². The van der Waals surface area contributed by atoms with Crippen molar-refractivity contribution in [3.05, 3.63) is 10.3 Å². The lowest BCUT2D eigenvalue weighted by Gasteiger charge is -2.01. The van der Waals surface area contributed by atoms with Crippen molar-refractivity contribution in [2.24, 2.45) is 7.05 Å². The SMILES string of the molecule is CCCCCCCCC(=O)c1c(Br)nnn1C. The van der Waals surface area contributed by atoms with Crippen LogP contribution in [-0.2, 0) is 7.05 Å². The van der Waals surface area contributed by atoms with E-state index in [1.165, 1.54) is 30.4 Å².